The molecule has 0 saturated heterocycles. The Morgan fingerprint density at radius 1 is 0.474 bits per heavy atom. The molecule has 5 heterocycles. The van der Waals surface area contributed by atoms with E-state index >= 15 is 0 Å². The van der Waals surface area contributed by atoms with E-state index in [-0.39, 0.29) is 21.7 Å². The van der Waals surface area contributed by atoms with Gasteiger partial charge in [-0.25, -0.2) is 9.97 Å². The van der Waals surface area contributed by atoms with Crippen molar-refractivity contribution in [2.24, 2.45) is 0 Å². The molecule has 0 unspecified atom stereocenters. The summed E-state index contributed by atoms with van der Waals surface area (Å²) in [5.41, 5.74) is 12.7. The first-order valence-corrected chi connectivity index (χ1v) is 20.0. The quantitative estimate of drug-likeness (QED) is 0.163. The lowest BCUT2D eigenvalue weighted by Gasteiger charge is -2.43. The fourth-order valence-electron chi connectivity index (χ4n) is 8.20. The van der Waals surface area contributed by atoms with Gasteiger partial charge < -0.3 is 0 Å². The van der Waals surface area contributed by atoms with Crippen LogP contribution < -0.4 is 0 Å². The van der Waals surface area contributed by atoms with Crippen LogP contribution in [0, 0.1) is 0 Å². The van der Waals surface area contributed by atoms with Gasteiger partial charge in [0.05, 0.1) is 22.4 Å². The average molecular weight is 748 g/mol. The van der Waals surface area contributed by atoms with Gasteiger partial charge in [-0.2, -0.15) is 0 Å². The van der Waals surface area contributed by atoms with E-state index < -0.39 is 0 Å². The van der Waals surface area contributed by atoms with Crippen molar-refractivity contribution in [1.82, 2.24) is 24.5 Å². The SMILES string of the molecule is CC(C)(C)c1ccc(-n2c3cc(-c4cnccc4C(C)(C)C)ccc3c3ccc(-c4nc(-c5ccccc5)ccc4C(C)(C)C(C)(C)c4cccnc4)cc32)nc1. The second kappa shape index (κ2) is 13.9. The van der Waals surface area contributed by atoms with Crippen molar-refractivity contribution in [2.75, 3.05) is 0 Å². The van der Waals surface area contributed by atoms with Crippen molar-refractivity contribution in [1.29, 1.82) is 0 Å². The summed E-state index contributed by atoms with van der Waals surface area (Å²) in [6.07, 6.45) is 9.78. The zero-order valence-corrected chi connectivity index (χ0v) is 35.0. The molecule has 3 aromatic carbocycles. The predicted molar refractivity (Wildman–Crippen MR) is 238 cm³/mol. The summed E-state index contributed by atoms with van der Waals surface area (Å²) >= 11 is 0. The number of pyridine rings is 4. The van der Waals surface area contributed by atoms with Crippen LogP contribution in [0.25, 0.3) is 61.3 Å². The summed E-state index contributed by atoms with van der Waals surface area (Å²) in [4.78, 5) is 19.8. The van der Waals surface area contributed by atoms with Crippen molar-refractivity contribution in [3.63, 3.8) is 0 Å². The molecule has 0 fully saturated rings. The van der Waals surface area contributed by atoms with Gasteiger partial charge in [-0.05, 0) is 75.0 Å². The minimum atomic E-state index is -0.330. The number of hydrogen-bond acceptors (Lipinski definition) is 4. The largest absolute Gasteiger partial charge is 0.294 e. The van der Waals surface area contributed by atoms with Gasteiger partial charge in [-0.15, -0.1) is 0 Å². The van der Waals surface area contributed by atoms with Gasteiger partial charge in [-0.3, -0.25) is 14.5 Å². The summed E-state index contributed by atoms with van der Waals surface area (Å²) in [5, 5.41) is 2.34. The van der Waals surface area contributed by atoms with Crippen molar-refractivity contribution >= 4 is 21.8 Å². The highest BCUT2D eigenvalue weighted by molar-refractivity contribution is 6.11. The first-order valence-electron chi connectivity index (χ1n) is 20.0. The molecule has 57 heavy (non-hydrogen) atoms. The van der Waals surface area contributed by atoms with Crippen LogP contribution in [0.2, 0.25) is 0 Å². The third-order valence-corrected chi connectivity index (χ3v) is 12.4. The van der Waals surface area contributed by atoms with E-state index in [1.807, 2.05) is 37.1 Å². The highest BCUT2D eigenvalue weighted by Crippen LogP contribution is 2.47. The first kappa shape index (κ1) is 38.0. The number of aromatic nitrogens is 5. The minimum Gasteiger partial charge on any atom is -0.294 e. The van der Waals surface area contributed by atoms with Gasteiger partial charge in [0.15, 0.2) is 0 Å². The Morgan fingerprint density at radius 3 is 1.79 bits per heavy atom. The number of hydrogen-bond donors (Lipinski definition) is 0. The summed E-state index contributed by atoms with van der Waals surface area (Å²) in [6.45, 7) is 22.8. The Kier molecular flexibility index (Phi) is 9.27. The van der Waals surface area contributed by atoms with Gasteiger partial charge in [-0.1, -0.05) is 142 Å². The first-order chi connectivity index (χ1) is 27.1. The molecule has 0 N–H and O–H groups in total. The molecule has 5 aromatic heterocycles. The lowest BCUT2D eigenvalue weighted by atomic mass is 9.60. The summed E-state index contributed by atoms with van der Waals surface area (Å²) in [6, 6.07) is 39.4. The van der Waals surface area contributed by atoms with E-state index in [1.165, 1.54) is 33.0 Å². The zero-order chi connectivity index (χ0) is 40.3. The maximum absolute atomic E-state index is 5.53. The van der Waals surface area contributed by atoms with Crippen molar-refractivity contribution in [3.8, 4) is 39.5 Å². The lowest BCUT2D eigenvalue weighted by Crippen LogP contribution is -2.41. The topological polar surface area (TPSA) is 56.5 Å². The smallest absolute Gasteiger partial charge is 0.137 e. The molecule has 0 aliphatic heterocycles. The summed E-state index contributed by atoms with van der Waals surface area (Å²) in [5.74, 6) is 0.879. The van der Waals surface area contributed by atoms with E-state index in [0.717, 1.165) is 50.5 Å². The van der Waals surface area contributed by atoms with Crippen LogP contribution in [-0.2, 0) is 21.7 Å². The van der Waals surface area contributed by atoms with E-state index in [4.69, 9.17) is 9.97 Å². The number of fused-ring (bicyclic) bond motifs is 3. The van der Waals surface area contributed by atoms with Gasteiger partial charge >= 0.3 is 0 Å². The summed E-state index contributed by atoms with van der Waals surface area (Å²) < 4.78 is 2.34. The Bertz CT molecular complexity index is 2730. The van der Waals surface area contributed by atoms with Crippen LogP contribution in [0.3, 0.4) is 0 Å². The molecule has 0 radical (unpaired) electrons. The van der Waals surface area contributed by atoms with Gasteiger partial charge in [0.2, 0.25) is 0 Å². The predicted octanol–water partition coefficient (Wildman–Crippen LogP) is 13.2. The number of nitrogens with zero attached hydrogens (tertiary/aromatic N) is 5. The van der Waals surface area contributed by atoms with Gasteiger partial charge in [0.1, 0.15) is 5.82 Å². The fraction of sp³-hybridized carbons (Fsp3) is 0.269. The second-order valence-electron chi connectivity index (χ2n) is 18.6. The van der Waals surface area contributed by atoms with Crippen LogP contribution in [0.15, 0.2) is 140 Å². The number of benzene rings is 3. The van der Waals surface area contributed by atoms with Crippen molar-refractivity contribution in [3.05, 3.63) is 162 Å². The molecular weight excluding hydrogens is 695 g/mol. The third-order valence-electron chi connectivity index (χ3n) is 12.4. The van der Waals surface area contributed by atoms with Crippen molar-refractivity contribution < 1.29 is 0 Å². The standard InChI is InChI=1S/C52H53N5/c1-49(2,3)37-20-25-47(55-32-37)57-45-29-35(41-33-54-28-26-42(41)50(4,5)6)18-21-39(45)40-22-19-36(30-46(40)57)48-43(23-24-44(56-48)34-15-12-11-13-16-34)52(9,10)51(7,8)38-17-14-27-53-31-38/h11-33H,1-10H3. The molecule has 286 valence electrons. The zero-order valence-electron chi connectivity index (χ0n) is 35.0. The van der Waals surface area contributed by atoms with Gasteiger partial charge in [0, 0.05) is 69.3 Å². The Hall–Kier alpha value is -5.94. The number of rotatable bonds is 7. The van der Waals surface area contributed by atoms with Crippen molar-refractivity contribution in [2.45, 2.75) is 90.9 Å². The van der Waals surface area contributed by atoms with E-state index in [9.17, 15) is 0 Å². The maximum atomic E-state index is 5.53. The maximum Gasteiger partial charge on any atom is 0.137 e. The van der Waals surface area contributed by atoms with E-state index in [0.29, 0.717) is 0 Å². The molecule has 5 heteroatoms. The second-order valence-corrected chi connectivity index (χ2v) is 18.6. The van der Waals surface area contributed by atoms with E-state index in [2.05, 4.69) is 187 Å². The van der Waals surface area contributed by atoms with Crippen LogP contribution in [0.5, 0.6) is 0 Å². The molecule has 0 atom stereocenters. The fourth-order valence-corrected chi connectivity index (χ4v) is 8.20. The molecule has 5 nitrogen and oxygen atoms in total. The minimum absolute atomic E-state index is 0.0153. The Labute approximate surface area is 337 Å². The highest BCUT2D eigenvalue weighted by atomic mass is 15.1. The average Bonchev–Trinajstić information content (AvgIpc) is 3.53. The van der Waals surface area contributed by atoms with E-state index in [1.54, 1.807) is 0 Å². The summed E-state index contributed by atoms with van der Waals surface area (Å²) in [7, 11) is 0. The highest BCUT2D eigenvalue weighted by Gasteiger charge is 2.42. The lowest BCUT2D eigenvalue weighted by molar-refractivity contribution is 0.302. The monoisotopic (exact) mass is 747 g/mol. The molecule has 0 amide bonds. The molecule has 0 spiro atoms. The van der Waals surface area contributed by atoms with Crippen LogP contribution in [-0.4, -0.2) is 24.5 Å². The molecule has 0 saturated carbocycles. The Balaban J connectivity index is 1.40. The normalized spacial score (nSPS) is 12.7. The van der Waals surface area contributed by atoms with Crippen LogP contribution in [0.4, 0.5) is 0 Å². The molecule has 0 aliphatic carbocycles. The molecular formula is C52H53N5. The third kappa shape index (κ3) is 6.73. The molecule has 8 rings (SSSR count). The molecule has 8 aromatic rings. The molecule has 0 aliphatic rings. The molecule has 0 bridgehead atoms. The Morgan fingerprint density at radius 2 is 1.16 bits per heavy atom. The van der Waals surface area contributed by atoms with Gasteiger partial charge in [0.25, 0.3) is 0 Å². The van der Waals surface area contributed by atoms with Crippen LogP contribution >= 0.6 is 0 Å². The van der Waals surface area contributed by atoms with Crippen LogP contribution in [0.1, 0.15) is 91.5 Å².